The van der Waals surface area contributed by atoms with Crippen LogP contribution in [0.15, 0.2) is 0 Å². The SMILES string of the molecule is O=C1[CH2][In][C](=O)C1. The van der Waals surface area contributed by atoms with E-state index in [4.69, 9.17) is 0 Å². The third-order valence-electron chi connectivity index (χ3n) is 0.929. The summed E-state index contributed by atoms with van der Waals surface area (Å²) >= 11 is -0.956. The molecule has 7 heavy (non-hydrogen) atoms. The molecule has 1 aliphatic heterocycles. The van der Waals surface area contributed by atoms with Crippen molar-refractivity contribution < 1.29 is 9.59 Å². The van der Waals surface area contributed by atoms with Crippen molar-refractivity contribution in [3.8, 4) is 0 Å². The topological polar surface area (TPSA) is 34.1 Å². The van der Waals surface area contributed by atoms with Crippen molar-refractivity contribution in [2.45, 2.75) is 10.6 Å². The molecule has 1 aliphatic rings. The summed E-state index contributed by atoms with van der Waals surface area (Å²) in [5, 5.41) is 0. The van der Waals surface area contributed by atoms with Crippen molar-refractivity contribution in [3.05, 3.63) is 0 Å². The van der Waals surface area contributed by atoms with Gasteiger partial charge in [-0.15, -0.1) is 0 Å². The van der Waals surface area contributed by atoms with E-state index in [1.165, 1.54) is 0 Å². The van der Waals surface area contributed by atoms with Gasteiger partial charge in [0.2, 0.25) is 0 Å². The van der Waals surface area contributed by atoms with Crippen LogP contribution in [0.5, 0.6) is 0 Å². The second-order valence-electron chi connectivity index (χ2n) is 1.59. The maximum absolute atomic E-state index is 10.3. The van der Waals surface area contributed by atoms with Gasteiger partial charge in [-0.3, -0.25) is 0 Å². The first-order chi connectivity index (χ1) is 3.29. The Hall–Kier alpha value is 0.210. The molecule has 1 radical (unpaired) electrons. The van der Waals surface area contributed by atoms with Gasteiger partial charge in [-0.25, -0.2) is 0 Å². The fourth-order valence-corrected chi connectivity index (χ4v) is 3.34. The normalized spacial score (nSPS) is 20.0. The van der Waals surface area contributed by atoms with E-state index in [0.29, 0.717) is 7.72 Å². The summed E-state index contributed by atoms with van der Waals surface area (Å²) in [6, 6.07) is 0. The van der Waals surface area contributed by atoms with Crippen molar-refractivity contribution in [1.82, 2.24) is 0 Å². The van der Waals surface area contributed by atoms with Crippen molar-refractivity contribution in [2.24, 2.45) is 0 Å². The molecule has 0 bridgehead atoms. The van der Waals surface area contributed by atoms with Crippen molar-refractivity contribution in [3.63, 3.8) is 0 Å². The zero-order valence-electron chi connectivity index (χ0n) is 3.81. The van der Waals surface area contributed by atoms with Crippen LogP contribution in [0.25, 0.3) is 0 Å². The van der Waals surface area contributed by atoms with Crippen LogP contribution in [0.3, 0.4) is 0 Å². The number of ketones is 1. The summed E-state index contributed by atoms with van der Waals surface area (Å²) in [6.45, 7) is 0. The average molecular weight is 199 g/mol. The molecule has 0 saturated carbocycles. The number of carbonyl (C=O) groups is 2. The molecule has 35 valence electrons. The van der Waals surface area contributed by atoms with E-state index in [1.807, 2.05) is 0 Å². The summed E-state index contributed by atoms with van der Waals surface area (Å²) in [5.74, 6) is 0.186. The van der Waals surface area contributed by atoms with E-state index in [-0.39, 0.29) is 12.2 Å². The fraction of sp³-hybridized carbons (Fsp3) is 0.500. The summed E-state index contributed by atoms with van der Waals surface area (Å²) in [5.41, 5.74) is 0. The van der Waals surface area contributed by atoms with Gasteiger partial charge >= 0.3 is 52.4 Å². The van der Waals surface area contributed by atoms with Crippen LogP contribution in [0.2, 0.25) is 4.18 Å². The Kier molecular flexibility index (Phi) is 1.52. The van der Waals surface area contributed by atoms with Gasteiger partial charge in [0, 0.05) is 0 Å². The summed E-state index contributed by atoms with van der Waals surface area (Å²) in [4.78, 5) is 20.6. The van der Waals surface area contributed by atoms with Crippen LogP contribution < -0.4 is 0 Å². The number of carbonyl (C=O) groups excluding carboxylic acids is 2. The Bertz CT molecular complexity index is 105. The molecule has 0 atom stereocenters. The van der Waals surface area contributed by atoms with E-state index in [1.54, 1.807) is 0 Å². The van der Waals surface area contributed by atoms with Gasteiger partial charge in [-0.2, -0.15) is 0 Å². The second kappa shape index (κ2) is 1.99. The Labute approximate surface area is 52.6 Å². The van der Waals surface area contributed by atoms with Crippen LogP contribution in [0.1, 0.15) is 6.42 Å². The average Bonchev–Trinajstić information content (AvgIpc) is 1.87. The van der Waals surface area contributed by atoms with Gasteiger partial charge < -0.3 is 0 Å². The summed E-state index contributed by atoms with van der Waals surface area (Å²) < 4.78 is 0.967. The summed E-state index contributed by atoms with van der Waals surface area (Å²) in [6.07, 6.45) is 0.279. The molecular formula is C4H4InO2. The molecule has 0 aromatic carbocycles. The first-order valence-corrected chi connectivity index (χ1v) is 6.14. The molecular weight excluding hydrogens is 195 g/mol. The molecule has 0 aromatic heterocycles. The van der Waals surface area contributed by atoms with E-state index in [9.17, 15) is 9.59 Å². The van der Waals surface area contributed by atoms with E-state index in [2.05, 4.69) is 0 Å². The standard InChI is InChI=1S/C4H4O2.In/c1-4(6)2-3-5;/h1-2H2;. The zero-order valence-corrected chi connectivity index (χ0v) is 7.10. The molecule has 2 nitrogen and oxygen atoms in total. The Morgan fingerprint density at radius 3 is 2.29 bits per heavy atom. The van der Waals surface area contributed by atoms with E-state index >= 15 is 0 Å². The van der Waals surface area contributed by atoms with Crippen LogP contribution in [0, 0.1) is 0 Å². The number of Topliss-reactive ketones (excluding diaryl/α,β-unsaturated/α-hetero) is 1. The van der Waals surface area contributed by atoms with Crippen LogP contribution >= 0.6 is 0 Å². The van der Waals surface area contributed by atoms with Gasteiger partial charge in [0.1, 0.15) is 0 Å². The van der Waals surface area contributed by atoms with E-state index in [0.717, 1.165) is 0 Å². The van der Waals surface area contributed by atoms with Crippen molar-refractivity contribution in [2.75, 3.05) is 0 Å². The van der Waals surface area contributed by atoms with Crippen molar-refractivity contribution >= 4 is 32.2 Å². The molecule has 1 saturated heterocycles. The molecule has 3 heteroatoms. The van der Waals surface area contributed by atoms with Crippen LogP contribution in [-0.2, 0) is 9.59 Å². The molecule has 0 N–H and O–H groups in total. The zero-order chi connectivity index (χ0) is 5.28. The van der Waals surface area contributed by atoms with Crippen LogP contribution in [0.4, 0.5) is 0 Å². The van der Waals surface area contributed by atoms with Gasteiger partial charge in [0.05, 0.1) is 0 Å². The minimum atomic E-state index is -0.956. The molecule has 0 amide bonds. The first kappa shape index (κ1) is 5.35. The molecule has 1 fully saturated rings. The predicted octanol–water partition coefficient (Wildman–Crippen LogP) is -0.392. The molecule has 1 heterocycles. The Morgan fingerprint density at radius 1 is 1.43 bits per heavy atom. The molecule has 0 aliphatic carbocycles. The molecule has 0 unspecified atom stereocenters. The fourth-order valence-electron chi connectivity index (χ4n) is 0.566. The van der Waals surface area contributed by atoms with Gasteiger partial charge in [-0.1, -0.05) is 0 Å². The van der Waals surface area contributed by atoms with E-state index < -0.39 is 22.9 Å². The van der Waals surface area contributed by atoms with Gasteiger partial charge in [-0.05, 0) is 0 Å². The third-order valence-corrected chi connectivity index (χ3v) is 4.69. The molecule has 0 spiro atoms. The predicted molar refractivity (Wildman–Crippen MR) is 25.2 cm³/mol. The summed E-state index contributed by atoms with van der Waals surface area (Å²) in [7, 11) is 0. The monoisotopic (exact) mass is 199 g/mol. The number of hydrogen-bond acceptors (Lipinski definition) is 2. The van der Waals surface area contributed by atoms with Crippen LogP contribution in [-0.4, -0.2) is 32.2 Å². The second-order valence-corrected chi connectivity index (χ2v) is 5.76. The molecule has 1 rings (SSSR count). The number of rotatable bonds is 0. The Balaban J connectivity index is 2.55. The van der Waals surface area contributed by atoms with Crippen molar-refractivity contribution in [1.29, 1.82) is 0 Å². The van der Waals surface area contributed by atoms with Gasteiger partial charge in [0.15, 0.2) is 0 Å². The quantitative estimate of drug-likeness (QED) is 0.497. The molecule has 0 aromatic rings. The van der Waals surface area contributed by atoms with Gasteiger partial charge in [0.25, 0.3) is 0 Å². The third kappa shape index (κ3) is 1.30. The number of hydrogen-bond donors (Lipinski definition) is 0. The minimum absolute atomic E-state index is 0.186. The maximum atomic E-state index is 10.3. The first-order valence-electron chi connectivity index (χ1n) is 2.17. The Morgan fingerprint density at radius 2 is 2.14 bits per heavy atom.